The zero-order chi connectivity index (χ0) is 8.97. The van der Waals surface area contributed by atoms with Gasteiger partial charge in [0.1, 0.15) is 0 Å². The van der Waals surface area contributed by atoms with E-state index in [0.29, 0.717) is 0 Å². The summed E-state index contributed by atoms with van der Waals surface area (Å²) in [4.78, 5) is 2.19. The summed E-state index contributed by atoms with van der Waals surface area (Å²) in [7, 11) is 0. The smallest absolute Gasteiger partial charge is 0.0683 e. The standard InChI is InChI=1S/C9H19NO2/c1-2-3-4-10-6-9(12)5-8(10)7-11/h8-9,11-12H,2-7H2,1H3. The van der Waals surface area contributed by atoms with Crippen LogP contribution in [0.25, 0.3) is 0 Å². The van der Waals surface area contributed by atoms with Crippen LogP contribution in [-0.2, 0) is 0 Å². The van der Waals surface area contributed by atoms with Gasteiger partial charge >= 0.3 is 0 Å². The number of unbranched alkanes of at least 4 members (excludes halogenated alkanes) is 1. The highest BCUT2D eigenvalue weighted by molar-refractivity contribution is 4.84. The number of hydrogen-bond acceptors (Lipinski definition) is 3. The van der Waals surface area contributed by atoms with Crippen LogP contribution in [0.4, 0.5) is 0 Å². The van der Waals surface area contributed by atoms with Gasteiger partial charge < -0.3 is 10.2 Å². The summed E-state index contributed by atoms with van der Waals surface area (Å²) >= 11 is 0. The van der Waals surface area contributed by atoms with Gasteiger partial charge in [0.05, 0.1) is 12.7 Å². The number of nitrogens with zero attached hydrogens (tertiary/aromatic N) is 1. The van der Waals surface area contributed by atoms with Crippen molar-refractivity contribution in [3.05, 3.63) is 0 Å². The molecule has 0 aromatic heterocycles. The minimum absolute atomic E-state index is 0.181. The fraction of sp³-hybridized carbons (Fsp3) is 1.00. The molecule has 0 saturated carbocycles. The van der Waals surface area contributed by atoms with Crippen LogP contribution >= 0.6 is 0 Å². The summed E-state index contributed by atoms with van der Waals surface area (Å²) in [5, 5.41) is 18.3. The van der Waals surface area contributed by atoms with Gasteiger partial charge in [0.15, 0.2) is 0 Å². The quantitative estimate of drug-likeness (QED) is 0.639. The van der Waals surface area contributed by atoms with Gasteiger partial charge in [-0.25, -0.2) is 0 Å². The van der Waals surface area contributed by atoms with E-state index in [-0.39, 0.29) is 18.8 Å². The van der Waals surface area contributed by atoms with Crippen LogP contribution in [0.2, 0.25) is 0 Å². The molecule has 2 N–H and O–H groups in total. The maximum atomic E-state index is 9.35. The Morgan fingerprint density at radius 3 is 2.83 bits per heavy atom. The van der Waals surface area contributed by atoms with Gasteiger partial charge in [-0.15, -0.1) is 0 Å². The van der Waals surface area contributed by atoms with Crippen LogP contribution in [0.1, 0.15) is 26.2 Å². The molecule has 72 valence electrons. The van der Waals surface area contributed by atoms with Crippen molar-refractivity contribution in [2.45, 2.75) is 38.3 Å². The van der Waals surface area contributed by atoms with E-state index in [1.54, 1.807) is 0 Å². The summed E-state index contributed by atoms with van der Waals surface area (Å²) in [5.41, 5.74) is 0. The fourth-order valence-electron chi connectivity index (χ4n) is 1.78. The Kier molecular flexibility index (Phi) is 3.98. The molecule has 3 heteroatoms. The highest BCUT2D eigenvalue weighted by Gasteiger charge is 2.29. The Morgan fingerprint density at radius 2 is 2.25 bits per heavy atom. The molecule has 1 fully saturated rings. The van der Waals surface area contributed by atoms with Crippen molar-refractivity contribution in [2.75, 3.05) is 19.7 Å². The number of hydrogen-bond donors (Lipinski definition) is 2. The summed E-state index contributed by atoms with van der Waals surface area (Å²) in [6.07, 6.45) is 2.84. The number of β-amino-alcohol motifs (C(OH)–C–C–N with tert-alkyl or cyclic N) is 1. The van der Waals surface area contributed by atoms with E-state index >= 15 is 0 Å². The fourth-order valence-corrected chi connectivity index (χ4v) is 1.78. The first-order chi connectivity index (χ1) is 5.77. The lowest BCUT2D eigenvalue weighted by atomic mass is 10.2. The molecule has 0 spiro atoms. The van der Waals surface area contributed by atoms with E-state index in [1.165, 1.54) is 6.42 Å². The highest BCUT2D eigenvalue weighted by Crippen LogP contribution is 2.17. The molecule has 1 saturated heterocycles. The van der Waals surface area contributed by atoms with E-state index in [9.17, 15) is 5.11 Å². The summed E-state index contributed by atoms with van der Waals surface area (Å²) in [5.74, 6) is 0. The van der Waals surface area contributed by atoms with Crippen LogP contribution in [0.5, 0.6) is 0 Å². The molecule has 3 nitrogen and oxygen atoms in total. The van der Waals surface area contributed by atoms with Gasteiger partial charge in [-0.3, -0.25) is 4.90 Å². The monoisotopic (exact) mass is 173 g/mol. The first-order valence-corrected chi connectivity index (χ1v) is 4.81. The van der Waals surface area contributed by atoms with Crippen LogP contribution < -0.4 is 0 Å². The molecule has 2 atom stereocenters. The average Bonchev–Trinajstić information content (AvgIpc) is 2.42. The lowest BCUT2D eigenvalue weighted by Crippen LogP contribution is -2.33. The van der Waals surface area contributed by atoms with Crippen molar-refractivity contribution in [1.82, 2.24) is 4.90 Å². The van der Waals surface area contributed by atoms with E-state index in [2.05, 4.69) is 11.8 Å². The lowest BCUT2D eigenvalue weighted by Gasteiger charge is -2.21. The molecule has 1 heterocycles. The molecule has 0 radical (unpaired) electrons. The molecule has 0 bridgehead atoms. The van der Waals surface area contributed by atoms with Gasteiger partial charge in [-0.1, -0.05) is 13.3 Å². The van der Waals surface area contributed by atoms with Crippen LogP contribution in [0.15, 0.2) is 0 Å². The van der Waals surface area contributed by atoms with Crippen LogP contribution in [0.3, 0.4) is 0 Å². The minimum Gasteiger partial charge on any atom is -0.395 e. The van der Waals surface area contributed by atoms with E-state index in [1.807, 2.05) is 0 Å². The molecular formula is C9H19NO2. The van der Waals surface area contributed by atoms with Gasteiger partial charge in [0, 0.05) is 12.6 Å². The zero-order valence-electron chi connectivity index (χ0n) is 7.74. The largest absolute Gasteiger partial charge is 0.395 e. The normalized spacial score (nSPS) is 31.2. The molecule has 1 aliphatic rings. The zero-order valence-corrected chi connectivity index (χ0v) is 7.74. The number of rotatable bonds is 4. The maximum absolute atomic E-state index is 9.35. The summed E-state index contributed by atoms with van der Waals surface area (Å²) in [6, 6.07) is 0.201. The molecule has 1 rings (SSSR count). The number of likely N-dealkylation sites (tertiary alicyclic amines) is 1. The molecule has 2 unspecified atom stereocenters. The van der Waals surface area contributed by atoms with Gasteiger partial charge in [0.2, 0.25) is 0 Å². The molecule has 1 aliphatic heterocycles. The molecule has 0 aliphatic carbocycles. The molecule has 12 heavy (non-hydrogen) atoms. The third-order valence-electron chi connectivity index (χ3n) is 2.52. The van der Waals surface area contributed by atoms with Crippen molar-refractivity contribution < 1.29 is 10.2 Å². The van der Waals surface area contributed by atoms with Crippen LogP contribution in [-0.4, -0.2) is 47.0 Å². The van der Waals surface area contributed by atoms with E-state index in [4.69, 9.17) is 5.11 Å². The second-order valence-corrected chi connectivity index (χ2v) is 3.57. The van der Waals surface area contributed by atoms with Crippen molar-refractivity contribution in [2.24, 2.45) is 0 Å². The summed E-state index contributed by atoms with van der Waals surface area (Å²) < 4.78 is 0. The first-order valence-electron chi connectivity index (χ1n) is 4.81. The predicted molar refractivity (Wildman–Crippen MR) is 48.0 cm³/mol. The summed E-state index contributed by atoms with van der Waals surface area (Å²) in [6.45, 7) is 4.09. The Bertz CT molecular complexity index is 130. The molecule has 0 aromatic rings. The highest BCUT2D eigenvalue weighted by atomic mass is 16.3. The lowest BCUT2D eigenvalue weighted by molar-refractivity contribution is 0.154. The first kappa shape index (κ1) is 9.96. The SMILES string of the molecule is CCCCN1CC(O)CC1CO. The van der Waals surface area contributed by atoms with Crippen molar-refractivity contribution >= 4 is 0 Å². The second kappa shape index (κ2) is 4.80. The number of aliphatic hydroxyl groups is 2. The molecular weight excluding hydrogens is 154 g/mol. The third-order valence-corrected chi connectivity index (χ3v) is 2.52. The second-order valence-electron chi connectivity index (χ2n) is 3.57. The van der Waals surface area contributed by atoms with E-state index < -0.39 is 0 Å². The third kappa shape index (κ3) is 2.44. The van der Waals surface area contributed by atoms with E-state index in [0.717, 1.165) is 25.9 Å². The van der Waals surface area contributed by atoms with Gasteiger partial charge in [-0.2, -0.15) is 0 Å². The van der Waals surface area contributed by atoms with Crippen molar-refractivity contribution in [3.8, 4) is 0 Å². The van der Waals surface area contributed by atoms with Crippen molar-refractivity contribution in [3.63, 3.8) is 0 Å². The Morgan fingerprint density at radius 1 is 1.50 bits per heavy atom. The minimum atomic E-state index is -0.223. The molecule has 0 aromatic carbocycles. The Balaban J connectivity index is 2.30. The Labute approximate surface area is 74.0 Å². The van der Waals surface area contributed by atoms with Gasteiger partial charge in [-0.05, 0) is 19.4 Å². The topological polar surface area (TPSA) is 43.7 Å². The molecule has 0 amide bonds. The van der Waals surface area contributed by atoms with Gasteiger partial charge in [0.25, 0.3) is 0 Å². The number of aliphatic hydroxyl groups excluding tert-OH is 2. The average molecular weight is 173 g/mol. The van der Waals surface area contributed by atoms with Crippen molar-refractivity contribution in [1.29, 1.82) is 0 Å². The van der Waals surface area contributed by atoms with Crippen LogP contribution in [0, 0.1) is 0 Å². The maximum Gasteiger partial charge on any atom is 0.0683 e. The predicted octanol–water partition coefficient (Wildman–Crippen LogP) is 0.214. The Hall–Kier alpha value is -0.120.